The fraction of sp³-hybridized carbons (Fsp3) is 0.571. The first-order valence-electron chi connectivity index (χ1n) is 6.42. The maximum atomic E-state index is 5.57. The lowest BCUT2D eigenvalue weighted by Gasteiger charge is -2.24. The lowest BCUT2D eigenvalue weighted by atomic mass is 10.2. The molecule has 0 rings (SSSR count). The highest BCUT2D eigenvalue weighted by Gasteiger charge is 2.15. The molecule has 5 heteroatoms. The van der Waals surface area contributed by atoms with Crippen molar-refractivity contribution in [1.29, 1.82) is 0 Å². The summed E-state index contributed by atoms with van der Waals surface area (Å²) in [6.07, 6.45) is 7.81. The van der Waals surface area contributed by atoms with Gasteiger partial charge in [-0.3, -0.25) is 0 Å². The maximum absolute atomic E-state index is 5.57. The van der Waals surface area contributed by atoms with Crippen molar-refractivity contribution < 1.29 is 9.47 Å². The first-order chi connectivity index (χ1) is 9.21. The molecule has 0 bridgehead atoms. The largest absolute Gasteiger partial charge is 0.352 e. The summed E-state index contributed by atoms with van der Waals surface area (Å²) in [5.74, 6) is 0. The predicted octanol–water partition coefficient (Wildman–Crippen LogP) is 4.37. The van der Waals surface area contributed by atoms with Gasteiger partial charge in [-0.05, 0) is 35.5 Å². The minimum absolute atomic E-state index is 0.176. The van der Waals surface area contributed by atoms with Crippen LogP contribution in [0.3, 0.4) is 0 Å². The van der Waals surface area contributed by atoms with Crippen LogP contribution in [0.5, 0.6) is 0 Å². The Morgan fingerprint density at radius 1 is 1.37 bits per heavy atom. The van der Waals surface area contributed by atoms with Gasteiger partial charge in [0.25, 0.3) is 0 Å². The molecule has 19 heavy (non-hydrogen) atoms. The van der Waals surface area contributed by atoms with Crippen molar-refractivity contribution in [3.8, 4) is 0 Å². The summed E-state index contributed by atoms with van der Waals surface area (Å²) in [4.78, 5) is 0. The molecule has 0 aromatic heterocycles. The molecule has 0 heterocycles. The zero-order chi connectivity index (χ0) is 14.5. The topological polar surface area (TPSA) is 21.7 Å². The molecule has 0 radical (unpaired) electrons. The Morgan fingerprint density at radius 2 is 2.00 bits per heavy atom. The Labute approximate surface area is 133 Å². The highest BCUT2D eigenvalue weighted by molar-refractivity contribution is 14.2. The number of halogens is 1. The van der Waals surface area contributed by atoms with Crippen LogP contribution in [0.4, 0.5) is 0 Å². The van der Waals surface area contributed by atoms with Crippen molar-refractivity contribution in [3.05, 3.63) is 36.5 Å². The van der Waals surface area contributed by atoms with E-state index in [0.717, 1.165) is 13.1 Å². The van der Waals surface area contributed by atoms with E-state index in [2.05, 4.69) is 38.2 Å². The molecule has 0 saturated carbocycles. The number of hydrogen-bond acceptors (Lipinski definition) is 4. The van der Waals surface area contributed by atoms with Crippen molar-refractivity contribution in [3.63, 3.8) is 0 Å². The number of hydrogen-bond donors (Lipinski definition) is 0. The fourth-order valence-corrected chi connectivity index (χ4v) is 2.69. The van der Waals surface area contributed by atoms with Crippen LogP contribution < -0.4 is 0 Å². The van der Waals surface area contributed by atoms with Crippen molar-refractivity contribution in [2.75, 3.05) is 26.3 Å². The van der Waals surface area contributed by atoms with Crippen LogP contribution in [0.1, 0.15) is 20.8 Å². The lowest BCUT2D eigenvalue weighted by molar-refractivity contribution is -0.139. The molecule has 0 aliphatic heterocycles. The van der Waals surface area contributed by atoms with E-state index in [0.29, 0.717) is 13.2 Å². The van der Waals surface area contributed by atoms with Crippen LogP contribution in [0.15, 0.2) is 36.5 Å². The SMILES string of the molecule is C=C/C(=C\C=C/C)CN(CC(OCC)OCC)SI. The van der Waals surface area contributed by atoms with Crippen LogP contribution in [0.25, 0.3) is 0 Å². The second-order valence-electron chi connectivity index (χ2n) is 3.70. The summed E-state index contributed by atoms with van der Waals surface area (Å²) in [6.45, 7) is 12.7. The van der Waals surface area contributed by atoms with E-state index in [-0.39, 0.29) is 6.29 Å². The van der Waals surface area contributed by atoms with E-state index in [1.165, 1.54) is 5.57 Å². The Bertz CT molecular complexity index is 289. The number of allylic oxidation sites excluding steroid dienone is 3. The smallest absolute Gasteiger partial charge is 0.171 e. The Hall–Kier alpha value is 0.180. The van der Waals surface area contributed by atoms with Gasteiger partial charge < -0.3 is 9.47 Å². The first kappa shape index (κ1) is 19.2. The predicted molar refractivity (Wildman–Crippen MR) is 93.3 cm³/mol. The van der Waals surface area contributed by atoms with Gasteiger partial charge >= 0.3 is 0 Å². The number of nitrogens with zero attached hydrogens (tertiary/aromatic N) is 1. The van der Waals surface area contributed by atoms with E-state index in [1.807, 2.05) is 39.0 Å². The normalized spacial score (nSPS) is 12.8. The summed E-state index contributed by atoms with van der Waals surface area (Å²) in [5, 5.41) is 0. The molecule has 0 N–H and O–H groups in total. The summed E-state index contributed by atoms with van der Waals surface area (Å²) in [7, 11) is 1.66. The Morgan fingerprint density at radius 3 is 2.42 bits per heavy atom. The number of ether oxygens (including phenoxy) is 2. The molecule has 0 unspecified atom stereocenters. The minimum atomic E-state index is -0.176. The minimum Gasteiger partial charge on any atom is -0.352 e. The molecule has 0 aromatic rings. The van der Waals surface area contributed by atoms with Crippen molar-refractivity contribution >= 4 is 30.3 Å². The van der Waals surface area contributed by atoms with E-state index < -0.39 is 0 Å². The van der Waals surface area contributed by atoms with Gasteiger partial charge in [0.15, 0.2) is 6.29 Å². The van der Waals surface area contributed by atoms with Crippen LogP contribution in [-0.2, 0) is 9.47 Å². The molecule has 0 fully saturated rings. The molecule has 0 aliphatic carbocycles. The third-order valence-electron chi connectivity index (χ3n) is 2.28. The summed E-state index contributed by atoms with van der Waals surface area (Å²) in [6, 6.07) is 0. The van der Waals surface area contributed by atoms with Crippen molar-refractivity contribution in [2.24, 2.45) is 0 Å². The molecule has 110 valence electrons. The molecule has 0 saturated heterocycles. The summed E-state index contributed by atoms with van der Waals surface area (Å²) >= 11 is 2.28. The monoisotopic (exact) mass is 397 g/mol. The number of rotatable bonds is 11. The molecule has 0 spiro atoms. The van der Waals surface area contributed by atoms with Crippen LogP contribution in [0, 0.1) is 0 Å². The fourth-order valence-electron chi connectivity index (χ4n) is 1.42. The average Bonchev–Trinajstić information content (AvgIpc) is 2.42. The Balaban J connectivity index is 4.49. The van der Waals surface area contributed by atoms with Gasteiger partial charge in [0.05, 0.1) is 6.54 Å². The highest BCUT2D eigenvalue weighted by Crippen LogP contribution is 2.21. The van der Waals surface area contributed by atoms with Gasteiger partial charge in [0.2, 0.25) is 0 Å². The zero-order valence-corrected chi connectivity index (χ0v) is 14.9. The summed E-state index contributed by atoms with van der Waals surface area (Å²) in [5.41, 5.74) is 1.18. The molecule has 0 aliphatic rings. The van der Waals surface area contributed by atoms with E-state index in [1.54, 1.807) is 9.12 Å². The van der Waals surface area contributed by atoms with Crippen LogP contribution in [0.2, 0.25) is 0 Å². The Kier molecular flexibility index (Phi) is 13.3. The highest BCUT2D eigenvalue weighted by atomic mass is 127. The molecular weight excluding hydrogens is 373 g/mol. The van der Waals surface area contributed by atoms with Crippen molar-refractivity contribution in [1.82, 2.24) is 4.31 Å². The molecule has 0 amide bonds. The van der Waals surface area contributed by atoms with Gasteiger partial charge in [-0.15, -0.1) is 0 Å². The third kappa shape index (κ3) is 9.67. The zero-order valence-electron chi connectivity index (χ0n) is 12.0. The van der Waals surface area contributed by atoms with Gasteiger partial charge in [-0.1, -0.05) is 30.9 Å². The van der Waals surface area contributed by atoms with Gasteiger partial charge in [0.1, 0.15) is 0 Å². The second kappa shape index (κ2) is 13.2. The lowest BCUT2D eigenvalue weighted by Crippen LogP contribution is -2.32. The molecule has 0 aromatic carbocycles. The molecule has 3 nitrogen and oxygen atoms in total. The van der Waals surface area contributed by atoms with Crippen molar-refractivity contribution in [2.45, 2.75) is 27.1 Å². The van der Waals surface area contributed by atoms with Gasteiger partial charge in [-0.25, -0.2) is 4.31 Å². The van der Waals surface area contributed by atoms with Gasteiger partial charge in [-0.2, -0.15) is 0 Å². The van der Waals surface area contributed by atoms with Gasteiger partial charge in [0, 0.05) is 41.0 Å². The first-order valence-corrected chi connectivity index (χ1v) is 9.74. The molecule has 0 atom stereocenters. The van der Waals surface area contributed by atoms with E-state index in [4.69, 9.17) is 9.47 Å². The maximum Gasteiger partial charge on any atom is 0.171 e. The average molecular weight is 397 g/mol. The summed E-state index contributed by atoms with van der Waals surface area (Å²) < 4.78 is 13.3. The van der Waals surface area contributed by atoms with Crippen LogP contribution in [-0.4, -0.2) is 36.9 Å². The van der Waals surface area contributed by atoms with Crippen LogP contribution >= 0.6 is 30.3 Å². The standard InChI is InChI=1S/C14H24INO2S/c1-5-9-10-13(6-2)11-16(19-15)12-14(17-7-3)18-8-4/h5-6,9-10,14H,2,7-8,11-12H2,1,3-4H3/b9-5-,13-10+. The molecular formula is C14H24INO2S. The third-order valence-corrected chi connectivity index (χ3v) is 4.42. The van der Waals surface area contributed by atoms with E-state index >= 15 is 0 Å². The second-order valence-corrected chi connectivity index (χ2v) is 5.54. The van der Waals surface area contributed by atoms with E-state index in [9.17, 15) is 0 Å². The quantitative estimate of drug-likeness (QED) is 0.223.